The SMILES string of the molecule is CCC(C)(C)C(=O)OC1CCOC1=O.CCC(C)(C)C(=O)OC1COC(=O)C1.CCC(C)(C)C(=O)OCC(=O)OCC(F)(F)F.CCC(C)(C)C(=O)OCC(=O)OCC(F)(F)F.CCC(C)(C)C(=O)OCC(=O)OCC(F)(F)F.Cc1ccc([S+](c2ccccc2)c2ccccc2)cc1.O=C(CS(=O)(=O)[O-])OC1C2CC3C1OS(=O)C3C2.O=C(O)c1ccccc1[O-].c1ccc([S+](c2ccccc2)c2ccccc2)cc1. The zero-order valence-corrected chi connectivity index (χ0v) is 86.9. The highest BCUT2D eigenvalue weighted by Crippen LogP contribution is 2.54. The van der Waals surface area contributed by atoms with Crippen LogP contribution in [0.4, 0.5) is 39.5 Å². The van der Waals surface area contributed by atoms with Gasteiger partial charge in [0.25, 0.3) is 0 Å². The van der Waals surface area contributed by atoms with Crippen LogP contribution >= 0.6 is 0 Å². The summed E-state index contributed by atoms with van der Waals surface area (Å²) in [5.41, 5.74) is -2.20. The van der Waals surface area contributed by atoms with E-state index in [1.807, 2.05) is 27.7 Å². The number of benzene rings is 7. The van der Waals surface area contributed by atoms with Gasteiger partial charge in [0.15, 0.2) is 80.1 Å². The summed E-state index contributed by atoms with van der Waals surface area (Å²) in [6.07, 6.45) is -10.8. The molecule has 0 aromatic heterocycles. The molecule has 12 rings (SSSR count). The summed E-state index contributed by atoms with van der Waals surface area (Å²) >= 11 is -1.34. The molecule has 2 saturated carbocycles. The zero-order chi connectivity index (χ0) is 110. The predicted octanol–water partition coefficient (Wildman–Crippen LogP) is 18.0. The Hall–Kier alpha value is -11.9. The molecule has 8 atom stereocenters. The summed E-state index contributed by atoms with van der Waals surface area (Å²) in [7, 11) is -4.67. The molecule has 3 saturated heterocycles. The Bertz CT molecular complexity index is 5210. The van der Waals surface area contributed by atoms with Gasteiger partial charge in [0.2, 0.25) is 6.10 Å². The molecule has 0 spiro atoms. The van der Waals surface area contributed by atoms with Gasteiger partial charge in [-0.1, -0.05) is 167 Å². The minimum Gasteiger partial charge on any atom is -0.872 e. The van der Waals surface area contributed by atoms with Crippen LogP contribution in [0.2, 0.25) is 0 Å². The second-order valence-electron chi connectivity index (χ2n) is 36.2. The molecule has 3 aliphatic heterocycles. The van der Waals surface area contributed by atoms with Crippen molar-refractivity contribution in [2.24, 2.45) is 38.9 Å². The zero-order valence-electron chi connectivity index (χ0n) is 83.6. The summed E-state index contributed by atoms with van der Waals surface area (Å²) in [4.78, 5) is 141. The van der Waals surface area contributed by atoms with E-state index in [1.54, 1.807) is 76.2 Å². The molecular formula is C103H125F9O30S4. The lowest BCUT2D eigenvalue weighted by Gasteiger charge is -2.25. The molecule has 7 aromatic rings. The van der Waals surface area contributed by atoms with E-state index in [0.29, 0.717) is 51.6 Å². The van der Waals surface area contributed by atoms with Gasteiger partial charge in [-0.25, -0.2) is 36.6 Å². The van der Waals surface area contributed by atoms with Crippen LogP contribution in [0.3, 0.4) is 0 Å². The largest absolute Gasteiger partial charge is 0.872 e. The summed E-state index contributed by atoms with van der Waals surface area (Å²) < 4.78 is 203. The van der Waals surface area contributed by atoms with E-state index < -0.39 is 190 Å². The second-order valence-corrected chi connectivity index (χ2v) is 43.0. The van der Waals surface area contributed by atoms with E-state index in [4.69, 9.17) is 33.0 Å². The maximum Gasteiger partial charge on any atom is 0.422 e. The first-order valence-corrected chi connectivity index (χ1v) is 51.1. The molecule has 1 N–H and O–H groups in total. The quantitative estimate of drug-likeness (QED) is 0.0139. The van der Waals surface area contributed by atoms with Gasteiger partial charge in [0.05, 0.1) is 72.7 Å². The lowest BCUT2D eigenvalue weighted by atomic mass is 9.90. The van der Waals surface area contributed by atoms with Gasteiger partial charge in [-0.15, -0.1) is 0 Å². The fourth-order valence-corrected chi connectivity index (χ4v) is 18.3. The van der Waals surface area contributed by atoms with Gasteiger partial charge in [-0.2, -0.15) is 39.5 Å². The lowest BCUT2D eigenvalue weighted by Crippen LogP contribution is -2.38. The van der Waals surface area contributed by atoms with Crippen molar-refractivity contribution in [2.45, 2.75) is 246 Å². The average molecular weight is 2140 g/mol. The third-order valence-electron chi connectivity index (χ3n) is 22.7. The number of aromatic carboxylic acids is 1. The molecule has 43 heteroatoms. The van der Waals surface area contributed by atoms with E-state index in [-0.39, 0.29) is 81.5 Å². The molecule has 2 bridgehead atoms. The number of cyclic esters (lactones) is 2. The first kappa shape index (κ1) is 126. The highest BCUT2D eigenvalue weighted by molar-refractivity contribution is 7.97. The molecule has 7 aromatic carbocycles. The highest BCUT2D eigenvalue weighted by atomic mass is 32.2. The summed E-state index contributed by atoms with van der Waals surface area (Å²) in [5.74, 6) is -10.6. The molecule has 804 valence electrons. The number of para-hydroxylation sites is 1. The minimum absolute atomic E-state index is 0.0122. The number of aryl methyl sites for hydroxylation is 1. The van der Waals surface area contributed by atoms with Gasteiger partial charge in [0.1, 0.15) is 40.8 Å². The summed E-state index contributed by atoms with van der Waals surface area (Å²) in [6.45, 7) is 21.2. The van der Waals surface area contributed by atoms with Gasteiger partial charge >= 0.3 is 90.2 Å². The molecule has 5 fully saturated rings. The predicted molar refractivity (Wildman–Crippen MR) is 513 cm³/mol. The fourth-order valence-electron chi connectivity index (χ4n) is 12.2. The summed E-state index contributed by atoms with van der Waals surface area (Å²) in [6, 6.07) is 68.1. The number of esters is 11. The van der Waals surface area contributed by atoms with Crippen molar-refractivity contribution in [3.63, 3.8) is 0 Å². The normalized spacial score (nSPS) is 17.5. The van der Waals surface area contributed by atoms with Gasteiger partial charge in [-0.05, 0) is 200 Å². The molecular weight excluding hydrogens is 2020 g/mol. The van der Waals surface area contributed by atoms with E-state index in [1.165, 1.54) is 59.2 Å². The number of ether oxygens (including phenoxy) is 11. The van der Waals surface area contributed by atoms with Crippen molar-refractivity contribution < 1.29 is 181 Å². The van der Waals surface area contributed by atoms with E-state index >= 15 is 0 Å². The Kier molecular flexibility index (Phi) is 51.2. The van der Waals surface area contributed by atoms with Gasteiger partial charge in [-0.3, -0.25) is 37.7 Å². The Labute approximate surface area is 851 Å². The van der Waals surface area contributed by atoms with Crippen molar-refractivity contribution >= 4 is 115 Å². The number of carbonyl (C=O) groups excluding carboxylic acids is 11. The van der Waals surface area contributed by atoms with Crippen molar-refractivity contribution in [3.05, 3.63) is 211 Å². The number of alkyl halides is 9. The Morgan fingerprint density at radius 1 is 0.438 bits per heavy atom. The van der Waals surface area contributed by atoms with E-state index in [0.717, 1.165) is 6.42 Å². The van der Waals surface area contributed by atoms with Crippen LogP contribution in [-0.4, -0.2) is 201 Å². The molecule has 2 aliphatic carbocycles. The average Bonchev–Trinajstić information content (AvgIpc) is 1.57. The topological polar surface area (TPSA) is 433 Å². The number of hydrogen-bond donors (Lipinski definition) is 1. The number of rotatable bonds is 31. The third kappa shape index (κ3) is 45.6. The third-order valence-corrected chi connectivity index (χ3v) is 29.2. The maximum atomic E-state index is 11.7. The minimum atomic E-state index is -4.63. The monoisotopic (exact) mass is 2140 g/mol. The number of carbonyl (C=O) groups is 12. The van der Waals surface area contributed by atoms with Crippen LogP contribution < -0.4 is 5.11 Å². The number of hydrogen-bond acceptors (Lipinski definition) is 29. The molecule has 8 unspecified atom stereocenters. The fraction of sp³-hybridized carbons (Fsp3) is 0.476. The van der Waals surface area contributed by atoms with Crippen LogP contribution in [0.5, 0.6) is 5.75 Å². The summed E-state index contributed by atoms with van der Waals surface area (Å²) in [5, 5.41) is 19.1. The molecule has 146 heavy (non-hydrogen) atoms. The van der Waals surface area contributed by atoms with Crippen LogP contribution in [0, 0.1) is 45.8 Å². The first-order chi connectivity index (χ1) is 68.0. The van der Waals surface area contributed by atoms with E-state index in [2.05, 4.69) is 211 Å². The Morgan fingerprint density at radius 2 is 0.767 bits per heavy atom. The van der Waals surface area contributed by atoms with Crippen molar-refractivity contribution in [3.8, 4) is 5.75 Å². The van der Waals surface area contributed by atoms with Crippen molar-refractivity contribution in [1.82, 2.24) is 0 Å². The number of fused-ring (bicyclic) bond motifs is 1. The molecule has 0 radical (unpaired) electrons. The van der Waals surface area contributed by atoms with Crippen molar-refractivity contribution in [1.29, 1.82) is 0 Å². The van der Waals surface area contributed by atoms with Crippen LogP contribution in [0.25, 0.3) is 0 Å². The van der Waals surface area contributed by atoms with Crippen LogP contribution in [0.15, 0.2) is 230 Å². The number of carboxylic acids is 1. The molecule has 30 nitrogen and oxygen atoms in total. The van der Waals surface area contributed by atoms with Crippen LogP contribution in [0.1, 0.15) is 178 Å². The van der Waals surface area contributed by atoms with E-state index in [9.17, 15) is 119 Å². The van der Waals surface area contributed by atoms with Crippen molar-refractivity contribution in [2.75, 3.05) is 58.6 Å². The Balaban J connectivity index is 0.000000344. The number of halogens is 9. The molecule has 0 amide bonds. The number of carboxylic acid groups (broad SMARTS) is 1. The van der Waals surface area contributed by atoms with Gasteiger partial charge < -0.3 is 66.9 Å². The molecule has 5 aliphatic rings. The standard InChI is InChI=1S/C19H17S.C18H15S.3C10H15F3O4.2C10H16O4.C9H12O7S2.C7H6O3/c1-16-12-14-19(15-13-16)20(17-8-4-2-5-9-17)18-10-6-3-7-11-18;1-4-10-16(11-5-1)19(17-12-6-2-7-13-17)18-14-8-3-9-15-18;3*1-4-9(2,3)8(15)16-5-7(14)17-6-10(11,12)13;1-4-10(2,3)9(12)14-7-5-8(11)13-6-7;1-4-10(2,3)9(12)14-7-5-6-13-8(7)11;10-7(3-18(12,13)14)15-8-4-1-5-6(2-4)17(11)16-9(5)8;8-6-4-2-1-3-5(6)7(9)10/h2-15H,1H3;1-15H;3*4-6H2,1-3H3;2*7H,4-6H2,1-3H3;4-6,8-9H,1-3H2,(H,12,13,14);1-4,8H,(H,9,10)/q2*+1;;;;;;;/p-2. The van der Waals surface area contributed by atoms with Crippen LogP contribution in [-0.2, 0) is 152 Å². The smallest absolute Gasteiger partial charge is 0.422 e. The Morgan fingerprint density at radius 3 is 1.06 bits per heavy atom. The highest BCUT2D eigenvalue weighted by Gasteiger charge is 2.62. The van der Waals surface area contributed by atoms with Gasteiger partial charge in [0, 0.05) is 18.3 Å². The second kappa shape index (κ2) is 59.2. The maximum absolute atomic E-state index is 11.7. The first-order valence-electron chi connectivity index (χ1n) is 46.0. The lowest BCUT2D eigenvalue weighted by molar-refractivity contribution is -0.268. The molecule has 3 heterocycles.